The van der Waals surface area contributed by atoms with Crippen LogP contribution in [0.3, 0.4) is 0 Å². The van der Waals surface area contributed by atoms with E-state index in [0.29, 0.717) is 35.9 Å². The Labute approximate surface area is 261 Å². The highest BCUT2D eigenvalue weighted by Crippen LogP contribution is 2.48. The van der Waals surface area contributed by atoms with Gasteiger partial charge in [0, 0.05) is 37.2 Å². The highest BCUT2D eigenvalue weighted by molar-refractivity contribution is 5.83. The first kappa shape index (κ1) is 31.8. The lowest BCUT2D eigenvalue weighted by Gasteiger charge is -2.47. The molecule has 0 aromatic heterocycles. The predicted octanol–water partition coefficient (Wildman–Crippen LogP) is 6.13. The van der Waals surface area contributed by atoms with Gasteiger partial charge in [-0.2, -0.15) is 0 Å². The molecule has 43 heavy (non-hydrogen) atoms. The van der Waals surface area contributed by atoms with Gasteiger partial charge in [-0.15, -0.1) is 0 Å². The molecule has 1 heterocycles. The number of amides is 1. The largest absolute Gasteiger partial charge is 0.387 e. The van der Waals surface area contributed by atoms with Gasteiger partial charge in [0.2, 0.25) is 5.91 Å². The maximum atomic E-state index is 13.9. The number of carbonyl (C=O) groups excluding carboxylic acids is 1. The predicted molar refractivity (Wildman–Crippen MR) is 174 cm³/mol. The smallest absolute Gasteiger partial charge is 0.237 e. The molecule has 8 unspecified atom stereocenters. The Morgan fingerprint density at radius 3 is 2.44 bits per heavy atom. The minimum atomic E-state index is -0.0273. The highest BCUT2D eigenvalue weighted by Gasteiger charge is 2.49. The van der Waals surface area contributed by atoms with Gasteiger partial charge in [-0.25, -0.2) is 0 Å². The summed E-state index contributed by atoms with van der Waals surface area (Å²) in [4.78, 5) is 16.5. The van der Waals surface area contributed by atoms with Gasteiger partial charge in [-0.05, 0) is 119 Å². The highest BCUT2D eigenvalue weighted by atomic mass is 16.5. The zero-order chi connectivity index (χ0) is 29.8. The third-order valence-corrected chi connectivity index (χ3v) is 13.2. The van der Waals surface area contributed by atoms with Crippen molar-refractivity contribution < 1.29 is 9.53 Å². The van der Waals surface area contributed by atoms with Gasteiger partial charge in [0.15, 0.2) is 0 Å². The molecular weight excluding hydrogens is 534 g/mol. The van der Waals surface area contributed by atoms with E-state index in [1.54, 1.807) is 0 Å². The van der Waals surface area contributed by atoms with Crippen molar-refractivity contribution in [2.24, 2.45) is 47.0 Å². The van der Waals surface area contributed by atoms with Gasteiger partial charge in [0.1, 0.15) is 0 Å². The Morgan fingerprint density at radius 2 is 1.65 bits per heavy atom. The lowest BCUT2D eigenvalue weighted by atomic mass is 9.64. The molecule has 6 aliphatic rings. The molecule has 0 spiro atoms. The van der Waals surface area contributed by atoms with E-state index in [1.807, 2.05) is 0 Å². The second-order valence-electron chi connectivity index (χ2n) is 15.9. The maximum Gasteiger partial charge on any atom is 0.237 e. The Morgan fingerprint density at radius 1 is 0.837 bits per heavy atom. The van der Waals surface area contributed by atoms with Gasteiger partial charge in [-0.1, -0.05) is 44.9 Å². The average molecular weight is 598 g/mol. The standard InChI is InChI=1S/C36H63N5O2/c37-29-13-15-30(16-14-29)40-36(42)34-21-26-11-12-27(35(38)39)22-33(26)41(34)23-28-10-4-9-25-20-31(17-18-32(25)28)43-19-5-8-24-6-2-1-3-7-24/h24-34H,1-23,37H2,(H3,38,39)(H,40,42). The van der Waals surface area contributed by atoms with Crippen LogP contribution in [0.1, 0.15) is 135 Å². The molecule has 6 rings (SSSR count). The van der Waals surface area contributed by atoms with Crippen molar-refractivity contribution in [1.82, 2.24) is 10.2 Å². The van der Waals surface area contributed by atoms with Gasteiger partial charge >= 0.3 is 0 Å². The fourth-order valence-electron chi connectivity index (χ4n) is 10.7. The molecule has 0 bridgehead atoms. The van der Waals surface area contributed by atoms with Crippen LogP contribution in [0, 0.1) is 40.9 Å². The summed E-state index contributed by atoms with van der Waals surface area (Å²) in [6.45, 7) is 2.01. The second kappa shape index (κ2) is 14.9. The van der Waals surface area contributed by atoms with Crippen LogP contribution in [0.15, 0.2) is 0 Å². The molecular formula is C36H63N5O2. The van der Waals surface area contributed by atoms with Crippen molar-refractivity contribution in [2.75, 3.05) is 13.2 Å². The van der Waals surface area contributed by atoms with Crippen LogP contribution in [0.5, 0.6) is 0 Å². The molecule has 0 aromatic rings. The number of nitrogens with two attached hydrogens (primary N) is 2. The van der Waals surface area contributed by atoms with Crippen molar-refractivity contribution in [3.63, 3.8) is 0 Å². The van der Waals surface area contributed by atoms with Gasteiger partial charge in [0.25, 0.3) is 0 Å². The summed E-state index contributed by atoms with van der Waals surface area (Å²) in [5, 5.41) is 11.7. The number of amidine groups is 1. The minimum absolute atomic E-state index is 0.0273. The molecule has 0 radical (unpaired) electrons. The van der Waals surface area contributed by atoms with E-state index >= 15 is 0 Å². The summed E-state index contributed by atoms with van der Waals surface area (Å²) in [6, 6.07) is 0.936. The number of nitrogens with one attached hydrogen (secondary N) is 2. The molecule has 1 aliphatic heterocycles. The Hall–Kier alpha value is -1.18. The molecule has 1 amide bonds. The average Bonchev–Trinajstić information content (AvgIpc) is 3.38. The minimum Gasteiger partial charge on any atom is -0.387 e. The number of fused-ring (bicyclic) bond motifs is 2. The number of likely N-dealkylation sites (tertiary alicyclic amines) is 1. The molecule has 7 nitrogen and oxygen atoms in total. The number of nitrogens with zero attached hydrogens (tertiary/aromatic N) is 1. The Bertz CT molecular complexity index is 915. The maximum absolute atomic E-state index is 13.9. The summed E-state index contributed by atoms with van der Waals surface area (Å²) < 4.78 is 6.52. The molecule has 6 fully saturated rings. The Kier molecular flexibility index (Phi) is 11.0. The van der Waals surface area contributed by atoms with E-state index in [-0.39, 0.29) is 23.9 Å². The van der Waals surface area contributed by atoms with Crippen molar-refractivity contribution in [1.29, 1.82) is 5.41 Å². The number of hydrogen-bond acceptors (Lipinski definition) is 5. The first-order valence-electron chi connectivity index (χ1n) is 18.7. The monoisotopic (exact) mass is 597 g/mol. The fourth-order valence-corrected chi connectivity index (χ4v) is 10.7. The van der Waals surface area contributed by atoms with Crippen molar-refractivity contribution in [2.45, 2.75) is 165 Å². The van der Waals surface area contributed by atoms with Crippen LogP contribution in [0.2, 0.25) is 0 Å². The summed E-state index contributed by atoms with van der Waals surface area (Å²) in [7, 11) is 0. The molecule has 5 aliphatic carbocycles. The van der Waals surface area contributed by atoms with E-state index in [9.17, 15) is 4.79 Å². The summed E-state index contributed by atoms with van der Waals surface area (Å²) >= 11 is 0. The molecule has 0 aromatic carbocycles. The number of carbonyl (C=O) groups is 1. The van der Waals surface area contributed by atoms with Crippen LogP contribution >= 0.6 is 0 Å². The van der Waals surface area contributed by atoms with Crippen LogP contribution in [0.25, 0.3) is 0 Å². The summed E-state index contributed by atoms with van der Waals surface area (Å²) in [6.07, 6.45) is 26.1. The Balaban J connectivity index is 1.05. The number of hydrogen-bond donors (Lipinski definition) is 4. The quantitative estimate of drug-likeness (QED) is 0.137. The zero-order valence-corrected chi connectivity index (χ0v) is 27.0. The third-order valence-electron chi connectivity index (χ3n) is 13.2. The van der Waals surface area contributed by atoms with E-state index < -0.39 is 0 Å². The normalized spacial score (nSPS) is 40.9. The van der Waals surface area contributed by atoms with Crippen molar-refractivity contribution in [3.05, 3.63) is 0 Å². The topological polar surface area (TPSA) is 117 Å². The van der Waals surface area contributed by atoms with Gasteiger partial charge in [-0.3, -0.25) is 15.1 Å². The molecule has 244 valence electrons. The molecule has 8 atom stereocenters. The second-order valence-corrected chi connectivity index (χ2v) is 15.9. The van der Waals surface area contributed by atoms with Gasteiger partial charge in [0.05, 0.1) is 18.0 Å². The lowest BCUT2D eigenvalue weighted by Crippen LogP contribution is -2.53. The van der Waals surface area contributed by atoms with E-state index in [0.717, 1.165) is 82.3 Å². The van der Waals surface area contributed by atoms with Gasteiger partial charge < -0.3 is 21.5 Å². The van der Waals surface area contributed by atoms with E-state index in [2.05, 4.69) is 10.2 Å². The molecule has 7 heteroatoms. The number of ether oxygens (including phenoxy) is 1. The molecule has 6 N–H and O–H groups in total. The lowest BCUT2D eigenvalue weighted by molar-refractivity contribution is -0.127. The third kappa shape index (κ3) is 7.98. The van der Waals surface area contributed by atoms with Crippen molar-refractivity contribution in [3.8, 4) is 0 Å². The first-order chi connectivity index (χ1) is 20.9. The molecule has 1 saturated heterocycles. The van der Waals surface area contributed by atoms with Crippen LogP contribution < -0.4 is 16.8 Å². The van der Waals surface area contributed by atoms with E-state index in [1.165, 1.54) is 83.5 Å². The van der Waals surface area contributed by atoms with Crippen molar-refractivity contribution >= 4 is 11.7 Å². The first-order valence-corrected chi connectivity index (χ1v) is 18.7. The SMILES string of the molecule is N=C(N)C1CCC2CC(C(=O)NC3CCC(N)CC3)N(CC3CCCC4CC(OCCCC5CCCCC5)CCC43)C2C1. The van der Waals surface area contributed by atoms with Crippen LogP contribution in [-0.2, 0) is 9.53 Å². The summed E-state index contributed by atoms with van der Waals surface area (Å²) in [5.41, 5.74) is 12.2. The van der Waals surface area contributed by atoms with E-state index in [4.69, 9.17) is 21.6 Å². The number of rotatable bonds is 10. The van der Waals surface area contributed by atoms with Crippen LogP contribution in [-0.4, -0.2) is 60.1 Å². The zero-order valence-electron chi connectivity index (χ0n) is 27.0. The fraction of sp³-hybridized carbons (Fsp3) is 0.944. The van der Waals surface area contributed by atoms with Crippen LogP contribution in [0.4, 0.5) is 0 Å². The summed E-state index contributed by atoms with van der Waals surface area (Å²) in [5.74, 6) is 4.52. The molecule has 5 saturated carbocycles.